The van der Waals surface area contributed by atoms with Gasteiger partial charge in [-0.15, -0.1) is 0 Å². The van der Waals surface area contributed by atoms with E-state index in [4.69, 9.17) is 5.11 Å². The first-order chi connectivity index (χ1) is 9.81. The van der Waals surface area contributed by atoms with E-state index in [0.29, 0.717) is 24.1 Å². The van der Waals surface area contributed by atoms with Crippen LogP contribution < -0.4 is 5.32 Å². The normalized spacial score (nSPS) is 9.65. The number of nitrogens with one attached hydrogen (secondary N) is 2. The molecule has 102 valence electrons. The largest absolute Gasteiger partial charge is 0.395 e. The van der Waals surface area contributed by atoms with Crippen molar-refractivity contribution in [3.63, 3.8) is 0 Å². The summed E-state index contributed by atoms with van der Waals surface area (Å²) in [6.45, 7) is 0.401. The summed E-state index contributed by atoms with van der Waals surface area (Å²) in [6.07, 6.45) is 3.62. The quantitative estimate of drug-likeness (QED) is 0.727. The summed E-state index contributed by atoms with van der Waals surface area (Å²) in [4.78, 5) is 18.9. The van der Waals surface area contributed by atoms with Gasteiger partial charge in [0.2, 0.25) is 0 Å². The van der Waals surface area contributed by atoms with Gasteiger partial charge in [0.15, 0.2) is 0 Å². The number of H-pyrrole nitrogens is 1. The Hall–Kier alpha value is -2.58. The molecule has 0 saturated carbocycles. The fourth-order valence-corrected chi connectivity index (χ4v) is 1.66. The lowest BCUT2D eigenvalue weighted by Gasteiger charge is -2.05. The highest BCUT2D eigenvalue weighted by atomic mass is 16.2. The number of hydrogen-bond donors (Lipinski definition) is 3. The Kier molecular flexibility index (Phi) is 4.93. The Labute approximate surface area is 117 Å². The first kappa shape index (κ1) is 13.8. The maximum Gasteiger partial charge on any atom is 0.252 e. The molecule has 0 radical (unpaired) electrons. The van der Waals surface area contributed by atoms with Gasteiger partial charge in [-0.05, 0) is 12.1 Å². The minimum atomic E-state index is -0.187. The zero-order valence-electron chi connectivity index (χ0n) is 10.9. The van der Waals surface area contributed by atoms with Crippen molar-refractivity contribution >= 4 is 5.91 Å². The van der Waals surface area contributed by atoms with E-state index >= 15 is 0 Å². The van der Waals surface area contributed by atoms with Crippen LogP contribution in [0.3, 0.4) is 0 Å². The molecular weight excluding hydrogens is 254 g/mol. The molecule has 0 aliphatic carbocycles. The van der Waals surface area contributed by atoms with E-state index in [2.05, 4.69) is 27.1 Å². The molecular formula is C15H15N3O2. The van der Waals surface area contributed by atoms with E-state index in [9.17, 15) is 4.79 Å². The van der Waals surface area contributed by atoms with E-state index in [-0.39, 0.29) is 12.5 Å². The number of benzene rings is 1. The Balaban J connectivity index is 2.07. The highest BCUT2D eigenvalue weighted by molar-refractivity contribution is 5.96. The number of aromatic nitrogens is 2. The third-order valence-corrected chi connectivity index (χ3v) is 2.63. The van der Waals surface area contributed by atoms with Crippen LogP contribution in [0, 0.1) is 11.8 Å². The maximum absolute atomic E-state index is 12.1. The zero-order chi connectivity index (χ0) is 14.2. The fourth-order valence-electron chi connectivity index (χ4n) is 1.66. The van der Waals surface area contributed by atoms with Crippen LogP contribution in [0.5, 0.6) is 0 Å². The number of aliphatic hydroxyl groups is 1. The van der Waals surface area contributed by atoms with Gasteiger partial charge in [-0.2, -0.15) is 0 Å². The smallest absolute Gasteiger partial charge is 0.252 e. The SMILES string of the molecule is O=C(NCc1cnc[nH]1)c1ccccc1C#CCCO. The molecule has 0 unspecified atom stereocenters. The zero-order valence-corrected chi connectivity index (χ0v) is 10.9. The van der Waals surface area contributed by atoms with E-state index in [1.54, 1.807) is 30.7 Å². The number of carbonyl (C=O) groups excluding carboxylic acids is 1. The van der Waals surface area contributed by atoms with Crippen LogP contribution in [0.15, 0.2) is 36.8 Å². The molecule has 0 aliphatic rings. The standard InChI is InChI=1S/C15H15N3O2/c19-8-4-3-6-12-5-1-2-7-14(12)15(20)17-10-13-9-16-11-18-13/h1-2,5,7,9,11,19H,4,8,10H2,(H,16,18)(H,17,20). The molecule has 0 fully saturated rings. The summed E-state index contributed by atoms with van der Waals surface area (Å²) in [7, 11) is 0. The van der Waals surface area contributed by atoms with Crippen LogP contribution in [-0.4, -0.2) is 27.6 Å². The first-order valence-corrected chi connectivity index (χ1v) is 6.25. The predicted molar refractivity (Wildman–Crippen MR) is 74.8 cm³/mol. The van der Waals surface area contributed by atoms with Gasteiger partial charge in [-0.1, -0.05) is 24.0 Å². The summed E-state index contributed by atoms with van der Waals surface area (Å²) in [5.41, 5.74) is 2.02. The minimum Gasteiger partial charge on any atom is -0.395 e. The molecule has 0 atom stereocenters. The molecule has 2 rings (SSSR count). The van der Waals surface area contributed by atoms with Gasteiger partial charge in [0.1, 0.15) is 0 Å². The van der Waals surface area contributed by atoms with E-state index in [1.807, 2.05) is 6.07 Å². The molecule has 1 heterocycles. The van der Waals surface area contributed by atoms with Crippen LogP contribution in [-0.2, 0) is 6.54 Å². The lowest BCUT2D eigenvalue weighted by molar-refractivity contribution is 0.0950. The summed E-state index contributed by atoms with van der Waals surface area (Å²) >= 11 is 0. The van der Waals surface area contributed by atoms with Crippen LogP contribution in [0.4, 0.5) is 0 Å². The van der Waals surface area contributed by atoms with E-state index in [1.165, 1.54) is 0 Å². The van der Waals surface area contributed by atoms with Crippen molar-refractivity contribution in [2.24, 2.45) is 0 Å². The highest BCUT2D eigenvalue weighted by Crippen LogP contribution is 2.07. The fraction of sp³-hybridized carbons (Fsp3) is 0.200. The van der Waals surface area contributed by atoms with Crippen LogP contribution in [0.1, 0.15) is 28.0 Å². The molecule has 0 bridgehead atoms. The van der Waals surface area contributed by atoms with Gasteiger partial charge in [-0.3, -0.25) is 4.79 Å². The van der Waals surface area contributed by atoms with E-state index < -0.39 is 0 Å². The summed E-state index contributed by atoms with van der Waals surface area (Å²) in [5, 5.41) is 11.5. The summed E-state index contributed by atoms with van der Waals surface area (Å²) in [5.74, 6) is 5.53. The van der Waals surface area contributed by atoms with Crippen molar-refractivity contribution < 1.29 is 9.90 Å². The van der Waals surface area contributed by atoms with E-state index in [0.717, 1.165) is 5.69 Å². The maximum atomic E-state index is 12.1. The third-order valence-electron chi connectivity index (χ3n) is 2.63. The number of imidazole rings is 1. The first-order valence-electron chi connectivity index (χ1n) is 6.25. The molecule has 5 heteroatoms. The average Bonchev–Trinajstić information content (AvgIpc) is 2.99. The lowest BCUT2D eigenvalue weighted by atomic mass is 10.1. The summed E-state index contributed by atoms with van der Waals surface area (Å²) < 4.78 is 0. The molecule has 0 saturated heterocycles. The monoisotopic (exact) mass is 269 g/mol. The number of amides is 1. The second kappa shape index (κ2) is 7.12. The number of nitrogens with zero attached hydrogens (tertiary/aromatic N) is 1. The molecule has 2 aromatic rings. The second-order valence-electron chi connectivity index (χ2n) is 4.08. The van der Waals surface area contributed by atoms with Crippen LogP contribution >= 0.6 is 0 Å². The topological polar surface area (TPSA) is 78.0 Å². The van der Waals surface area contributed by atoms with Gasteiger partial charge in [0.25, 0.3) is 5.91 Å². The van der Waals surface area contributed by atoms with Crippen molar-refractivity contribution in [2.75, 3.05) is 6.61 Å². The van der Waals surface area contributed by atoms with Gasteiger partial charge < -0.3 is 15.4 Å². The Morgan fingerprint density at radius 3 is 3.00 bits per heavy atom. The Morgan fingerprint density at radius 1 is 1.40 bits per heavy atom. The number of aromatic amines is 1. The summed E-state index contributed by atoms with van der Waals surface area (Å²) in [6, 6.07) is 7.14. The second-order valence-corrected chi connectivity index (χ2v) is 4.08. The lowest BCUT2D eigenvalue weighted by Crippen LogP contribution is -2.23. The van der Waals surface area contributed by atoms with Crippen molar-refractivity contribution in [3.05, 3.63) is 53.6 Å². The van der Waals surface area contributed by atoms with Crippen molar-refractivity contribution in [3.8, 4) is 11.8 Å². The van der Waals surface area contributed by atoms with Crippen LogP contribution in [0.2, 0.25) is 0 Å². The Morgan fingerprint density at radius 2 is 2.25 bits per heavy atom. The van der Waals surface area contributed by atoms with Crippen LogP contribution in [0.25, 0.3) is 0 Å². The molecule has 0 spiro atoms. The molecule has 20 heavy (non-hydrogen) atoms. The number of carbonyl (C=O) groups is 1. The number of aliphatic hydroxyl groups excluding tert-OH is 1. The molecule has 0 aliphatic heterocycles. The van der Waals surface area contributed by atoms with Crippen molar-refractivity contribution in [1.29, 1.82) is 0 Å². The minimum absolute atomic E-state index is 0.0151. The average molecular weight is 269 g/mol. The number of rotatable bonds is 4. The Bertz CT molecular complexity index is 624. The number of hydrogen-bond acceptors (Lipinski definition) is 3. The van der Waals surface area contributed by atoms with Crippen molar-refractivity contribution in [1.82, 2.24) is 15.3 Å². The highest BCUT2D eigenvalue weighted by Gasteiger charge is 2.09. The van der Waals surface area contributed by atoms with Gasteiger partial charge >= 0.3 is 0 Å². The molecule has 1 aromatic heterocycles. The van der Waals surface area contributed by atoms with Crippen molar-refractivity contribution in [2.45, 2.75) is 13.0 Å². The molecule has 3 N–H and O–H groups in total. The predicted octanol–water partition coefficient (Wildman–Crippen LogP) is 1.07. The van der Waals surface area contributed by atoms with Gasteiger partial charge in [-0.25, -0.2) is 4.98 Å². The molecule has 1 amide bonds. The molecule has 5 nitrogen and oxygen atoms in total. The molecule has 1 aromatic carbocycles. The van der Waals surface area contributed by atoms with Gasteiger partial charge in [0.05, 0.1) is 30.7 Å². The third kappa shape index (κ3) is 3.70. The van der Waals surface area contributed by atoms with Gasteiger partial charge in [0, 0.05) is 18.2 Å².